The molecular weight excluding hydrogens is 214 g/mol. The number of rotatable bonds is 2. The highest BCUT2D eigenvalue weighted by Crippen LogP contribution is 2.36. The van der Waals surface area contributed by atoms with Gasteiger partial charge < -0.3 is 10.8 Å². The van der Waals surface area contributed by atoms with Crippen LogP contribution in [0.3, 0.4) is 0 Å². The van der Waals surface area contributed by atoms with E-state index >= 15 is 0 Å². The van der Waals surface area contributed by atoms with E-state index in [0.29, 0.717) is 12.8 Å². The van der Waals surface area contributed by atoms with Crippen molar-refractivity contribution in [2.24, 2.45) is 11.1 Å². The molecule has 15 heavy (non-hydrogen) atoms. The first kappa shape index (κ1) is 12.0. The first-order chi connectivity index (χ1) is 6.68. The summed E-state index contributed by atoms with van der Waals surface area (Å²) < 4.78 is 0. The van der Waals surface area contributed by atoms with E-state index in [1.54, 1.807) is 0 Å². The molecule has 0 aromatic heterocycles. The van der Waals surface area contributed by atoms with E-state index in [1.165, 1.54) is 0 Å². The lowest BCUT2D eigenvalue weighted by atomic mass is 9.85. The molecule has 1 aromatic rings. The Hall–Kier alpha value is -1.06. The molecule has 1 aliphatic carbocycles. The topological polar surface area (TPSA) is 63.3 Å². The molecule has 0 unspecified atom stereocenters. The van der Waals surface area contributed by atoms with E-state index in [9.17, 15) is 4.79 Å². The predicted octanol–water partition coefficient (Wildman–Crippen LogP) is 1.24. The SMILES string of the molecule is Cl.NCC1(C(=O)O)Cc2ccccc2C1. The van der Waals surface area contributed by atoms with Crippen LogP contribution in [0.25, 0.3) is 0 Å². The van der Waals surface area contributed by atoms with Crippen molar-refractivity contribution in [2.45, 2.75) is 12.8 Å². The lowest BCUT2D eigenvalue weighted by Gasteiger charge is -2.20. The summed E-state index contributed by atoms with van der Waals surface area (Å²) in [5, 5.41) is 9.16. The third kappa shape index (κ3) is 1.85. The molecule has 0 atom stereocenters. The van der Waals surface area contributed by atoms with Crippen LogP contribution in [0.5, 0.6) is 0 Å². The van der Waals surface area contributed by atoms with Crippen LogP contribution in [0.15, 0.2) is 24.3 Å². The van der Waals surface area contributed by atoms with E-state index in [1.807, 2.05) is 24.3 Å². The van der Waals surface area contributed by atoms with Gasteiger partial charge in [-0.15, -0.1) is 12.4 Å². The number of benzene rings is 1. The van der Waals surface area contributed by atoms with Gasteiger partial charge in [0, 0.05) is 6.54 Å². The van der Waals surface area contributed by atoms with Crippen molar-refractivity contribution in [3.63, 3.8) is 0 Å². The van der Waals surface area contributed by atoms with Crippen molar-refractivity contribution >= 4 is 18.4 Å². The highest BCUT2D eigenvalue weighted by atomic mass is 35.5. The van der Waals surface area contributed by atoms with Crippen molar-refractivity contribution in [1.82, 2.24) is 0 Å². The van der Waals surface area contributed by atoms with Crippen molar-refractivity contribution in [3.8, 4) is 0 Å². The maximum Gasteiger partial charge on any atom is 0.311 e. The molecule has 0 saturated heterocycles. The number of nitrogens with two attached hydrogens (primary N) is 1. The monoisotopic (exact) mass is 227 g/mol. The molecule has 82 valence electrons. The molecule has 2 rings (SSSR count). The van der Waals surface area contributed by atoms with Gasteiger partial charge in [0.15, 0.2) is 0 Å². The summed E-state index contributed by atoms with van der Waals surface area (Å²) >= 11 is 0. The van der Waals surface area contributed by atoms with Crippen LogP contribution in [0, 0.1) is 5.41 Å². The number of halogens is 1. The molecule has 0 saturated carbocycles. The van der Waals surface area contributed by atoms with Crippen LogP contribution in [0.2, 0.25) is 0 Å². The molecule has 0 fully saturated rings. The fraction of sp³-hybridized carbons (Fsp3) is 0.364. The van der Waals surface area contributed by atoms with Gasteiger partial charge in [0.2, 0.25) is 0 Å². The van der Waals surface area contributed by atoms with Gasteiger partial charge in [-0.05, 0) is 24.0 Å². The fourth-order valence-electron chi connectivity index (χ4n) is 2.08. The van der Waals surface area contributed by atoms with Crippen LogP contribution in [0.4, 0.5) is 0 Å². The molecular formula is C11H14ClNO2. The lowest BCUT2D eigenvalue weighted by molar-refractivity contribution is -0.147. The van der Waals surface area contributed by atoms with Gasteiger partial charge in [-0.3, -0.25) is 4.79 Å². The van der Waals surface area contributed by atoms with E-state index in [4.69, 9.17) is 10.8 Å². The molecule has 1 aromatic carbocycles. The molecule has 1 aliphatic rings. The minimum Gasteiger partial charge on any atom is -0.481 e. The van der Waals surface area contributed by atoms with Crippen LogP contribution < -0.4 is 5.73 Å². The summed E-state index contributed by atoms with van der Waals surface area (Å²) in [5.41, 5.74) is 7.06. The highest BCUT2D eigenvalue weighted by Gasteiger charge is 2.42. The molecule has 0 aliphatic heterocycles. The standard InChI is InChI=1S/C11H13NO2.ClH/c12-7-11(10(13)14)5-8-3-1-2-4-9(8)6-11;/h1-4H,5-7,12H2,(H,13,14);1H. The highest BCUT2D eigenvalue weighted by molar-refractivity contribution is 5.85. The van der Waals surface area contributed by atoms with Crippen LogP contribution in [0.1, 0.15) is 11.1 Å². The number of aliphatic carboxylic acids is 1. The Morgan fingerprint density at radius 1 is 1.33 bits per heavy atom. The second-order valence-corrected chi connectivity index (χ2v) is 3.91. The van der Waals surface area contributed by atoms with Crippen molar-refractivity contribution < 1.29 is 9.90 Å². The maximum absolute atomic E-state index is 11.1. The average Bonchev–Trinajstić information content (AvgIpc) is 2.57. The summed E-state index contributed by atoms with van der Waals surface area (Å²) in [5.74, 6) is -0.781. The van der Waals surface area contributed by atoms with Crippen molar-refractivity contribution in [1.29, 1.82) is 0 Å². The minimum absolute atomic E-state index is 0. The molecule has 0 heterocycles. The molecule has 3 nitrogen and oxygen atoms in total. The van der Waals surface area contributed by atoms with Gasteiger partial charge in [0.05, 0.1) is 5.41 Å². The summed E-state index contributed by atoms with van der Waals surface area (Å²) in [6, 6.07) is 7.84. The maximum atomic E-state index is 11.1. The number of fused-ring (bicyclic) bond motifs is 1. The number of hydrogen-bond donors (Lipinski definition) is 2. The number of carboxylic acid groups (broad SMARTS) is 1. The Balaban J connectivity index is 0.00000112. The van der Waals surface area contributed by atoms with Crippen molar-refractivity contribution in [2.75, 3.05) is 6.54 Å². The summed E-state index contributed by atoms with van der Waals surface area (Å²) in [7, 11) is 0. The smallest absolute Gasteiger partial charge is 0.311 e. The zero-order valence-corrected chi connectivity index (χ0v) is 9.09. The second kappa shape index (κ2) is 4.21. The van der Waals surface area contributed by atoms with E-state index in [-0.39, 0.29) is 19.0 Å². The predicted molar refractivity (Wildman–Crippen MR) is 60.2 cm³/mol. The molecule has 0 bridgehead atoms. The Bertz CT molecular complexity index is 354. The Morgan fingerprint density at radius 3 is 2.13 bits per heavy atom. The third-order valence-corrected chi connectivity index (χ3v) is 3.02. The number of hydrogen-bond acceptors (Lipinski definition) is 2. The molecule has 0 spiro atoms. The zero-order valence-electron chi connectivity index (χ0n) is 8.27. The van der Waals surface area contributed by atoms with Gasteiger partial charge in [-0.2, -0.15) is 0 Å². The van der Waals surface area contributed by atoms with Gasteiger partial charge in [-0.1, -0.05) is 24.3 Å². The molecule has 0 amide bonds. The molecule has 4 heteroatoms. The lowest BCUT2D eigenvalue weighted by Crippen LogP contribution is -2.39. The normalized spacial score (nSPS) is 16.6. The second-order valence-electron chi connectivity index (χ2n) is 3.91. The van der Waals surface area contributed by atoms with Crippen molar-refractivity contribution in [3.05, 3.63) is 35.4 Å². The van der Waals surface area contributed by atoms with E-state index in [0.717, 1.165) is 11.1 Å². The van der Waals surface area contributed by atoms with Gasteiger partial charge in [-0.25, -0.2) is 0 Å². The van der Waals surface area contributed by atoms with Gasteiger partial charge in [0.25, 0.3) is 0 Å². The van der Waals surface area contributed by atoms with Gasteiger partial charge in [0.1, 0.15) is 0 Å². The van der Waals surface area contributed by atoms with E-state index in [2.05, 4.69) is 0 Å². The zero-order chi connectivity index (χ0) is 10.2. The summed E-state index contributed by atoms with van der Waals surface area (Å²) in [4.78, 5) is 11.1. The Kier molecular flexibility index (Phi) is 3.37. The molecule has 0 radical (unpaired) electrons. The largest absolute Gasteiger partial charge is 0.481 e. The number of carboxylic acids is 1. The first-order valence-corrected chi connectivity index (χ1v) is 4.68. The summed E-state index contributed by atoms with van der Waals surface area (Å²) in [6.07, 6.45) is 1.13. The third-order valence-electron chi connectivity index (χ3n) is 3.02. The quantitative estimate of drug-likeness (QED) is 0.799. The molecule has 3 N–H and O–H groups in total. The van der Waals surface area contributed by atoms with Gasteiger partial charge >= 0.3 is 5.97 Å². The van der Waals surface area contributed by atoms with Crippen LogP contribution >= 0.6 is 12.4 Å². The average molecular weight is 228 g/mol. The Labute approximate surface area is 94.7 Å². The first-order valence-electron chi connectivity index (χ1n) is 4.68. The summed E-state index contributed by atoms with van der Waals surface area (Å²) in [6.45, 7) is 0.205. The van der Waals surface area contributed by atoms with Crippen LogP contribution in [-0.4, -0.2) is 17.6 Å². The Morgan fingerprint density at radius 2 is 1.80 bits per heavy atom. The van der Waals surface area contributed by atoms with E-state index < -0.39 is 11.4 Å². The van der Waals surface area contributed by atoms with Crippen LogP contribution in [-0.2, 0) is 17.6 Å². The fourth-order valence-corrected chi connectivity index (χ4v) is 2.08. The minimum atomic E-state index is -0.781. The number of carbonyl (C=O) groups is 1.